The number of tetrazole rings is 1. The Bertz CT molecular complexity index is 1450. The van der Waals surface area contributed by atoms with E-state index < -0.39 is 24.0 Å². The van der Waals surface area contributed by atoms with Gasteiger partial charge in [0, 0.05) is 52.6 Å². The molecule has 1 aromatic heterocycles. The fourth-order valence-corrected chi connectivity index (χ4v) is 5.72. The quantitative estimate of drug-likeness (QED) is 0.364. The summed E-state index contributed by atoms with van der Waals surface area (Å²) in [5, 5.41) is 19.2. The lowest BCUT2D eigenvalue weighted by atomic mass is 9.79. The standard InChI is InChI=1S/C28H36Cl2N8O6/c1-6-44-27(40)21-20(17-8-7-9-18(29)22(17)30)19(26(39)43-5)16(2)32-23(21)24(42-4)25-33-35-38(34-25)15-12-36-10-13-37(14-11-36)28(41)31-3/h7-9,20,24,32H,6,10-15H2,1-5H3,(H,31,41). The molecule has 14 nitrogen and oxygen atoms in total. The predicted molar refractivity (Wildman–Crippen MR) is 161 cm³/mol. The van der Waals surface area contributed by atoms with Gasteiger partial charge in [0.05, 0.1) is 53.1 Å². The number of carbonyl (C=O) groups excluding carboxylic acids is 3. The first kappa shape index (κ1) is 33.2. The summed E-state index contributed by atoms with van der Waals surface area (Å²) in [5.74, 6) is -2.18. The average molecular weight is 652 g/mol. The van der Waals surface area contributed by atoms with Gasteiger partial charge in [-0.15, -0.1) is 10.2 Å². The molecule has 2 unspecified atom stereocenters. The SMILES string of the molecule is CCOC(=O)C1=C(C(OC)c2nnn(CCN3CCN(C(=O)NC)CC3)n2)NC(C)=C(C(=O)OC)C1c1cccc(Cl)c1Cl. The lowest BCUT2D eigenvalue weighted by Crippen LogP contribution is -2.51. The van der Waals surface area contributed by atoms with Crippen molar-refractivity contribution >= 4 is 41.2 Å². The number of carbonyl (C=O) groups is 3. The molecule has 1 fully saturated rings. The summed E-state index contributed by atoms with van der Waals surface area (Å²) in [4.78, 5) is 44.1. The number of ether oxygens (including phenoxy) is 3. The Hall–Kier alpha value is -3.72. The number of halogens is 2. The van der Waals surface area contributed by atoms with Gasteiger partial charge in [-0.25, -0.2) is 14.4 Å². The van der Waals surface area contributed by atoms with Gasteiger partial charge in [0.25, 0.3) is 0 Å². The number of allylic oxidation sites excluding steroid dienone is 1. The molecule has 2 aromatic rings. The van der Waals surface area contributed by atoms with Crippen LogP contribution in [0.15, 0.2) is 40.7 Å². The summed E-state index contributed by atoms with van der Waals surface area (Å²) < 4.78 is 16.4. The molecule has 0 bridgehead atoms. The number of dihydropyridines is 1. The van der Waals surface area contributed by atoms with Crippen LogP contribution in [0.4, 0.5) is 4.79 Å². The molecule has 0 aliphatic carbocycles. The van der Waals surface area contributed by atoms with Crippen molar-refractivity contribution in [3.05, 3.63) is 62.2 Å². The molecule has 2 aliphatic heterocycles. The van der Waals surface area contributed by atoms with Gasteiger partial charge < -0.3 is 29.7 Å². The Balaban J connectivity index is 1.68. The number of urea groups is 1. The highest BCUT2D eigenvalue weighted by Crippen LogP contribution is 2.45. The van der Waals surface area contributed by atoms with Gasteiger partial charge in [-0.05, 0) is 30.7 Å². The Morgan fingerprint density at radius 2 is 1.82 bits per heavy atom. The molecule has 44 heavy (non-hydrogen) atoms. The summed E-state index contributed by atoms with van der Waals surface area (Å²) in [7, 11) is 4.32. The first-order valence-electron chi connectivity index (χ1n) is 14.1. The molecule has 1 saturated heterocycles. The van der Waals surface area contributed by atoms with Crippen molar-refractivity contribution in [1.29, 1.82) is 0 Å². The van der Waals surface area contributed by atoms with Gasteiger partial charge >= 0.3 is 18.0 Å². The van der Waals surface area contributed by atoms with Crippen LogP contribution in [-0.2, 0) is 30.3 Å². The minimum Gasteiger partial charge on any atom is -0.466 e. The van der Waals surface area contributed by atoms with E-state index in [0.29, 0.717) is 37.4 Å². The predicted octanol–water partition coefficient (Wildman–Crippen LogP) is 2.28. The van der Waals surface area contributed by atoms with Crippen molar-refractivity contribution in [3.63, 3.8) is 0 Å². The number of nitrogens with one attached hydrogen (secondary N) is 2. The molecule has 2 aliphatic rings. The number of benzene rings is 1. The van der Waals surface area contributed by atoms with Gasteiger partial charge in [-0.1, -0.05) is 35.3 Å². The zero-order chi connectivity index (χ0) is 32.0. The van der Waals surface area contributed by atoms with Gasteiger partial charge in [0.2, 0.25) is 5.82 Å². The summed E-state index contributed by atoms with van der Waals surface area (Å²) in [6, 6.07) is 4.88. The Morgan fingerprint density at radius 3 is 2.45 bits per heavy atom. The van der Waals surface area contributed by atoms with Crippen LogP contribution in [0.1, 0.15) is 37.3 Å². The lowest BCUT2D eigenvalue weighted by Gasteiger charge is -2.34. The van der Waals surface area contributed by atoms with Crippen LogP contribution in [0, 0.1) is 0 Å². The molecular weight excluding hydrogens is 615 g/mol. The topological polar surface area (TPSA) is 153 Å². The molecule has 238 valence electrons. The maximum Gasteiger partial charge on any atom is 0.336 e. The number of amides is 2. The van der Waals surface area contributed by atoms with E-state index >= 15 is 0 Å². The van der Waals surface area contributed by atoms with Crippen LogP contribution < -0.4 is 10.6 Å². The van der Waals surface area contributed by atoms with Crippen LogP contribution >= 0.6 is 23.2 Å². The Labute approximate surface area is 265 Å². The molecule has 0 saturated carbocycles. The molecule has 0 spiro atoms. The summed E-state index contributed by atoms with van der Waals surface area (Å²) in [6.07, 6.45) is -0.992. The third-order valence-electron chi connectivity index (χ3n) is 7.48. The first-order chi connectivity index (χ1) is 21.1. The highest BCUT2D eigenvalue weighted by molar-refractivity contribution is 6.42. The smallest absolute Gasteiger partial charge is 0.336 e. The normalized spacial score (nSPS) is 18.2. The van der Waals surface area contributed by atoms with E-state index in [1.165, 1.54) is 19.0 Å². The maximum atomic E-state index is 13.6. The third-order valence-corrected chi connectivity index (χ3v) is 8.31. The van der Waals surface area contributed by atoms with E-state index in [-0.39, 0.29) is 45.4 Å². The highest BCUT2D eigenvalue weighted by atomic mass is 35.5. The van der Waals surface area contributed by atoms with Crippen molar-refractivity contribution in [2.45, 2.75) is 32.4 Å². The van der Waals surface area contributed by atoms with Crippen molar-refractivity contribution in [3.8, 4) is 0 Å². The Kier molecular flexibility index (Phi) is 11.2. The zero-order valence-electron chi connectivity index (χ0n) is 25.2. The molecular formula is C28H36Cl2N8O6. The minimum absolute atomic E-state index is 0.0687. The van der Waals surface area contributed by atoms with Crippen LogP contribution in [-0.4, -0.2) is 109 Å². The summed E-state index contributed by atoms with van der Waals surface area (Å²) >= 11 is 13.0. The van der Waals surface area contributed by atoms with Gasteiger partial charge in [-0.2, -0.15) is 4.80 Å². The second-order valence-corrected chi connectivity index (χ2v) is 10.8. The van der Waals surface area contributed by atoms with Gasteiger partial charge in [-0.3, -0.25) is 4.90 Å². The van der Waals surface area contributed by atoms with Crippen LogP contribution in [0.25, 0.3) is 0 Å². The number of hydrogen-bond acceptors (Lipinski definition) is 11. The largest absolute Gasteiger partial charge is 0.466 e. The number of esters is 2. The number of rotatable bonds is 10. The van der Waals surface area contributed by atoms with Gasteiger partial charge in [0.15, 0.2) is 6.10 Å². The fourth-order valence-electron chi connectivity index (χ4n) is 5.30. The van der Waals surface area contributed by atoms with E-state index in [0.717, 1.165) is 13.1 Å². The van der Waals surface area contributed by atoms with E-state index in [1.54, 1.807) is 44.0 Å². The van der Waals surface area contributed by atoms with Crippen LogP contribution in [0.3, 0.4) is 0 Å². The van der Waals surface area contributed by atoms with Crippen molar-refractivity contribution in [2.75, 3.05) is 60.6 Å². The molecule has 16 heteroatoms. The summed E-state index contributed by atoms with van der Waals surface area (Å²) in [5.41, 5.74) is 1.31. The van der Waals surface area contributed by atoms with E-state index in [2.05, 4.69) is 30.9 Å². The monoisotopic (exact) mass is 650 g/mol. The molecule has 0 radical (unpaired) electrons. The van der Waals surface area contributed by atoms with Crippen LogP contribution in [0.5, 0.6) is 0 Å². The molecule has 2 amide bonds. The van der Waals surface area contributed by atoms with Crippen molar-refractivity contribution in [1.82, 2.24) is 40.6 Å². The highest BCUT2D eigenvalue weighted by Gasteiger charge is 2.43. The summed E-state index contributed by atoms with van der Waals surface area (Å²) in [6.45, 7) is 7.19. The zero-order valence-corrected chi connectivity index (χ0v) is 26.7. The van der Waals surface area contributed by atoms with E-state index in [4.69, 9.17) is 37.4 Å². The second kappa shape index (κ2) is 14.8. The molecule has 2 N–H and O–H groups in total. The van der Waals surface area contributed by atoms with Gasteiger partial charge in [0.1, 0.15) is 0 Å². The Morgan fingerprint density at radius 1 is 1.09 bits per heavy atom. The van der Waals surface area contributed by atoms with E-state index in [1.807, 2.05) is 0 Å². The molecule has 2 atom stereocenters. The number of piperazine rings is 1. The molecule has 1 aromatic carbocycles. The van der Waals surface area contributed by atoms with E-state index in [9.17, 15) is 14.4 Å². The minimum atomic E-state index is -1.01. The molecule has 3 heterocycles. The number of methoxy groups -OCH3 is 2. The number of nitrogens with zero attached hydrogens (tertiary/aromatic N) is 6. The maximum absolute atomic E-state index is 13.6. The average Bonchev–Trinajstić information content (AvgIpc) is 3.49. The number of hydrogen-bond donors (Lipinski definition) is 2. The van der Waals surface area contributed by atoms with Crippen molar-refractivity contribution < 1.29 is 28.6 Å². The molecule has 4 rings (SSSR count). The van der Waals surface area contributed by atoms with Crippen molar-refractivity contribution in [2.24, 2.45) is 0 Å². The third kappa shape index (κ3) is 6.98. The lowest BCUT2D eigenvalue weighted by molar-refractivity contribution is -0.139. The first-order valence-corrected chi connectivity index (χ1v) is 14.8. The second-order valence-electron chi connectivity index (χ2n) is 10.0. The fraction of sp³-hybridized carbons (Fsp3) is 0.500. The number of aromatic nitrogens is 4. The van der Waals surface area contributed by atoms with Crippen LogP contribution in [0.2, 0.25) is 10.0 Å².